The van der Waals surface area contributed by atoms with Gasteiger partial charge in [0.15, 0.2) is 0 Å². The van der Waals surface area contributed by atoms with Crippen LogP contribution in [0.15, 0.2) is 0 Å². The number of rotatable bonds is 2. The van der Waals surface area contributed by atoms with Crippen molar-refractivity contribution in [3.05, 3.63) is 0 Å². The van der Waals surface area contributed by atoms with E-state index < -0.39 is 15.4 Å². The Bertz CT molecular complexity index is 360. The molecular weight excluding hydrogens is 238 g/mol. The lowest BCUT2D eigenvalue weighted by atomic mass is 9.72. The molecule has 2 N–H and O–H groups in total. The summed E-state index contributed by atoms with van der Waals surface area (Å²) in [4.78, 5) is 0. The third-order valence-corrected chi connectivity index (χ3v) is 6.10. The van der Waals surface area contributed by atoms with Crippen LogP contribution in [0.1, 0.15) is 38.5 Å². The molecule has 0 amide bonds. The summed E-state index contributed by atoms with van der Waals surface area (Å²) in [6.45, 7) is 1.69. The molecule has 2 aliphatic rings. The molecule has 0 spiro atoms. The lowest BCUT2D eigenvalue weighted by Gasteiger charge is -2.43. The molecule has 1 heterocycles. The maximum atomic E-state index is 11.6. The maximum absolute atomic E-state index is 11.6. The average Bonchev–Trinajstić information content (AvgIpc) is 2.29. The van der Waals surface area contributed by atoms with Crippen LogP contribution < -0.4 is 5.32 Å². The highest BCUT2D eigenvalue weighted by Gasteiger charge is 2.42. The van der Waals surface area contributed by atoms with Crippen LogP contribution in [0, 0.1) is 5.92 Å². The molecule has 1 saturated heterocycles. The summed E-state index contributed by atoms with van der Waals surface area (Å²) in [5, 5.41) is 13.7. The second kappa shape index (κ2) is 4.86. The van der Waals surface area contributed by atoms with Crippen molar-refractivity contribution >= 4 is 9.84 Å². The van der Waals surface area contributed by atoms with E-state index in [1.54, 1.807) is 0 Å². The van der Waals surface area contributed by atoms with Crippen molar-refractivity contribution in [1.82, 2.24) is 5.32 Å². The van der Waals surface area contributed by atoms with Crippen LogP contribution in [-0.2, 0) is 9.84 Å². The molecule has 0 bridgehead atoms. The number of aliphatic hydroxyl groups is 1. The van der Waals surface area contributed by atoms with Crippen molar-refractivity contribution in [2.45, 2.75) is 49.4 Å². The maximum Gasteiger partial charge on any atom is 0.150 e. The molecular formula is C12H23NO3S. The van der Waals surface area contributed by atoms with E-state index in [-0.39, 0.29) is 11.2 Å². The van der Waals surface area contributed by atoms with E-state index in [0.717, 1.165) is 45.2 Å². The fourth-order valence-corrected chi connectivity index (χ4v) is 4.47. The first-order valence-corrected chi connectivity index (χ1v) is 8.49. The van der Waals surface area contributed by atoms with Gasteiger partial charge in [0, 0.05) is 6.26 Å². The Balaban J connectivity index is 2.06. The minimum atomic E-state index is -2.95. The number of hydrogen-bond donors (Lipinski definition) is 2. The molecule has 0 aromatic heterocycles. The third kappa shape index (κ3) is 3.01. The van der Waals surface area contributed by atoms with Crippen molar-refractivity contribution in [3.63, 3.8) is 0 Å². The summed E-state index contributed by atoms with van der Waals surface area (Å²) in [5.41, 5.74) is -0.630. The van der Waals surface area contributed by atoms with Crippen molar-refractivity contribution in [1.29, 1.82) is 0 Å². The van der Waals surface area contributed by atoms with Crippen LogP contribution in [0.3, 0.4) is 0 Å². The van der Waals surface area contributed by atoms with Gasteiger partial charge in [0.2, 0.25) is 0 Å². The van der Waals surface area contributed by atoms with E-state index in [4.69, 9.17) is 0 Å². The summed E-state index contributed by atoms with van der Waals surface area (Å²) in [5.74, 6) is 0.165. The number of sulfone groups is 1. The zero-order chi connectivity index (χ0) is 12.5. The number of piperidine rings is 1. The summed E-state index contributed by atoms with van der Waals surface area (Å²) in [7, 11) is -2.95. The first-order chi connectivity index (χ1) is 7.92. The molecule has 0 aromatic carbocycles. The van der Waals surface area contributed by atoms with Gasteiger partial charge in [-0.25, -0.2) is 8.42 Å². The van der Waals surface area contributed by atoms with Gasteiger partial charge in [-0.3, -0.25) is 0 Å². The summed E-state index contributed by atoms with van der Waals surface area (Å²) < 4.78 is 23.3. The molecule has 2 unspecified atom stereocenters. The van der Waals surface area contributed by atoms with Crippen LogP contribution >= 0.6 is 0 Å². The highest BCUT2D eigenvalue weighted by Crippen LogP contribution is 2.39. The van der Waals surface area contributed by atoms with Gasteiger partial charge in [-0.2, -0.15) is 0 Å². The fraction of sp³-hybridized carbons (Fsp3) is 1.00. The van der Waals surface area contributed by atoms with Gasteiger partial charge < -0.3 is 10.4 Å². The van der Waals surface area contributed by atoms with Crippen LogP contribution in [0.2, 0.25) is 0 Å². The van der Waals surface area contributed by atoms with Gasteiger partial charge >= 0.3 is 0 Å². The van der Waals surface area contributed by atoms with E-state index in [2.05, 4.69) is 5.32 Å². The average molecular weight is 261 g/mol. The standard InChI is InChI=1S/C12H23NO3S/c1-17(15,16)11-4-2-3-10(9-11)12(14)5-7-13-8-6-12/h10-11,13-14H,2-9H2,1H3. The second-order valence-corrected chi connectivity index (χ2v) is 7.99. The largest absolute Gasteiger partial charge is 0.390 e. The van der Waals surface area contributed by atoms with E-state index in [9.17, 15) is 13.5 Å². The van der Waals surface area contributed by atoms with Crippen LogP contribution in [0.5, 0.6) is 0 Å². The Morgan fingerprint density at radius 3 is 2.47 bits per heavy atom. The number of nitrogens with one attached hydrogen (secondary N) is 1. The topological polar surface area (TPSA) is 66.4 Å². The molecule has 1 aliphatic carbocycles. The highest BCUT2D eigenvalue weighted by molar-refractivity contribution is 7.91. The van der Waals surface area contributed by atoms with E-state index in [0.29, 0.717) is 6.42 Å². The van der Waals surface area contributed by atoms with E-state index in [1.807, 2.05) is 0 Å². The van der Waals surface area contributed by atoms with E-state index in [1.165, 1.54) is 6.26 Å². The predicted octanol–water partition coefficient (Wildman–Crippen LogP) is 0.704. The SMILES string of the molecule is CS(=O)(=O)C1CCCC(C2(O)CCNCC2)C1. The lowest BCUT2D eigenvalue weighted by Crippen LogP contribution is -2.49. The summed E-state index contributed by atoms with van der Waals surface area (Å²) >= 11 is 0. The van der Waals surface area contributed by atoms with Gasteiger partial charge in [0.05, 0.1) is 10.9 Å². The van der Waals surface area contributed by atoms with Crippen molar-refractivity contribution in [3.8, 4) is 0 Å². The molecule has 2 rings (SSSR count). The molecule has 2 atom stereocenters. The van der Waals surface area contributed by atoms with Crippen molar-refractivity contribution < 1.29 is 13.5 Å². The van der Waals surface area contributed by atoms with Gasteiger partial charge in [0.1, 0.15) is 9.84 Å². The smallest absolute Gasteiger partial charge is 0.150 e. The van der Waals surface area contributed by atoms with Crippen LogP contribution in [0.4, 0.5) is 0 Å². The van der Waals surface area contributed by atoms with Gasteiger partial charge in [0.25, 0.3) is 0 Å². The molecule has 2 fully saturated rings. The monoisotopic (exact) mass is 261 g/mol. The van der Waals surface area contributed by atoms with E-state index >= 15 is 0 Å². The van der Waals surface area contributed by atoms with Crippen LogP contribution in [0.25, 0.3) is 0 Å². The minimum Gasteiger partial charge on any atom is -0.390 e. The zero-order valence-electron chi connectivity index (χ0n) is 10.5. The van der Waals surface area contributed by atoms with Crippen molar-refractivity contribution in [2.24, 2.45) is 5.92 Å². The van der Waals surface area contributed by atoms with Gasteiger partial charge in [-0.05, 0) is 51.1 Å². The lowest BCUT2D eigenvalue weighted by molar-refractivity contribution is -0.0553. The van der Waals surface area contributed by atoms with Gasteiger partial charge in [-0.15, -0.1) is 0 Å². The minimum absolute atomic E-state index is 0.165. The summed E-state index contributed by atoms with van der Waals surface area (Å²) in [6, 6.07) is 0. The fourth-order valence-electron chi connectivity index (χ4n) is 3.29. The molecule has 0 radical (unpaired) electrons. The number of hydrogen-bond acceptors (Lipinski definition) is 4. The Hall–Kier alpha value is -0.130. The highest BCUT2D eigenvalue weighted by atomic mass is 32.2. The Morgan fingerprint density at radius 1 is 1.24 bits per heavy atom. The first-order valence-electron chi connectivity index (χ1n) is 6.54. The summed E-state index contributed by atoms with van der Waals surface area (Å²) in [6.07, 6.45) is 6.16. The van der Waals surface area contributed by atoms with Crippen molar-refractivity contribution in [2.75, 3.05) is 19.3 Å². The quantitative estimate of drug-likeness (QED) is 0.768. The molecule has 4 nitrogen and oxygen atoms in total. The normalized spacial score (nSPS) is 34.5. The molecule has 0 aromatic rings. The van der Waals surface area contributed by atoms with Crippen LogP contribution in [-0.4, -0.2) is 43.7 Å². The van der Waals surface area contributed by atoms with Gasteiger partial charge in [-0.1, -0.05) is 6.42 Å². The zero-order valence-corrected chi connectivity index (χ0v) is 11.3. The second-order valence-electron chi connectivity index (χ2n) is 5.67. The Labute approximate surface area is 104 Å². The third-order valence-electron chi connectivity index (χ3n) is 4.46. The molecule has 17 heavy (non-hydrogen) atoms. The molecule has 100 valence electrons. The Morgan fingerprint density at radius 2 is 1.88 bits per heavy atom. The predicted molar refractivity (Wildman–Crippen MR) is 67.6 cm³/mol. The molecule has 5 heteroatoms. The Kier molecular flexibility index (Phi) is 3.80. The molecule has 1 saturated carbocycles. The first kappa shape index (κ1) is 13.3. The molecule has 1 aliphatic heterocycles.